The van der Waals surface area contributed by atoms with Crippen molar-refractivity contribution in [3.63, 3.8) is 0 Å². The van der Waals surface area contributed by atoms with Gasteiger partial charge in [0.25, 0.3) is 6.30 Å². The van der Waals surface area contributed by atoms with Gasteiger partial charge in [-0.2, -0.15) is 0 Å². The van der Waals surface area contributed by atoms with Crippen LogP contribution in [0.1, 0.15) is 47.0 Å². The summed E-state index contributed by atoms with van der Waals surface area (Å²) in [5.74, 6) is -0.909. The molecule has 1 rings (SSSR count). The molecular formula is C14H24FNO3. The molecule has 0 bridgehead atoms. The molecule has 1 fully saturated rings. The molecule has 1 heterocycles. The van der Waals surface area contributed by atoms with E-state index in [0.717, 1.165) is 17.7 Å². The molecule has 2 unspecified atom stereocenters. The Balaban J connectivity index is 2.71. The molecule has 0 aromatic carbocycles. The molecule has 0 spiro atoms. The van der Waals surface area contributed by atoms with E-state index in [4.69, 9.17) is 0 Å². The second kappa shape index (κ2) is 6.35. The van der Waals surface area contributed by atoms with E-state index >= 15 is 0 Å². The molecule has 2 atom stereocenters. The highest BCUT2D eigenvalue weighted by molar-refractivity contribution is 5.83. The minimum absolute atomic E-state index is 0.0893. The number of amides is 1. The van der Waals surface area contributed by atoms with Gasteiger partial charge in [0.15, 0.2) is 0 Å². The maximum Gasteiger partial charge on any atom is 0.362 e. The average Bonchev–Trinajstić information content (AvgIpc) is 2.50. The first kappa shape index (κ1) is 15.9. The summed E-state index contributed by atoms with van der Waals surface area (Å²) < 4.78 is 18.6. The van der Waals surface area contributed by atoms with Crippen molar-refractivity contribution in [1.82, 2.24) is 4.90 Å². The summed E-state index contributed by atoms with van der Waals surface area (Å²) in [5, 5.41) is 0. The minimum atomic E-state index is -1.97. The van der Waals surface area contributed by atoms with Crippen LogP contribution >= 0.6 is 0 Å². The quantitative estimate of drug-likeness (QED) is 0.586. The van der Waals surface area contributed by atoms with E-state index in [2.05, 4.69) is 25.5 Å². The summed E-state index contributed by atoms with van der Waals surface area (Å²) in [6.07, 6.45) is -0.211. The molecule has 0 N–H and O–H groups in total. The van der Waals surface area contributed by atoms with E-state index in [1.165, 1.54) is 0 Å². The maximum absolute atomic E-state index is 14.0. The molecule has 1 aliphatic rings. The van der Waals surface area contributed by atoms with Crippen LogP contribution in [0.3, 0.4) is 0 Å². The monoisotopic (exact) mass is 273 g/mol. The van der Waals surface area contributed by atoms with Crippen LogP contribution in [0.25, 0.3) is 0 Å². The van der Waals surface area contributed by atoms with Crippen molar-refractivity contribution < 1.29 is 18.7 Å². The number of hydrogen-bond acceptors (Lipinski definition) is 3. The van der Waals surface area contributed by atoms with Crippen LogP contribution in [-0.4, -0.2) is 36.2 Å². The highest BCUT2D eigenvalue weighted by atomic mass is 19.1. The van der Waals surface area contributed by atoms with Crippen molar-refractivity contribution in [2.75, 3.05) is 13.2 Å². The van der Waals surface area contributed by atoms with Gasteiger partial charge in [-0.25, -0.2) is 9.18 Å². The minimum Gasteiger partial charge on any atom is -0.462 e. The average molecular weight is 273 g/mol. The summed E-state index contributed by atoms with van der Waals surface area (Å²) >= 11 is 0. The van der Waals surface area contributed by atoms with Crippen molar-refractivity contribution in [3.05, 3.63) is 0 Å². The highest BCUT2D eigenvalue weighted by Gasteiger charge is 2.35. The Morgan fingerprint density at radius 1 is 1.47 bits per heavy atom. The van der Waals surface area contributed by atoms with Gasteiger partial charge in [-0.1, -0.05) is 20.8 Å². The number of alkyl halides is 1. The van der Waals surface area contributed by atoms with E-state index < -0.39 is 12.3 Å². The molecule has 1 aliphatic heterocycles. The SMILES string of the molecule is CCOC(=O)C(F)N1CCC(C(C)(C)C)CCC1=O. The van der Waals surface area contributed by atoms with Crippen molar-refractivity contribution in [2.45, 2.75) is 53.3 Å². The number of carbonyl (C=O) groups excluding carboxylic acids is 2. The fraction of sp³-hybridized carbons (Fsp3) is 0.857. The van der Waals surface area contributed by atoms with E-state index in [1.54, 1.807) is 6.92 Å². The number of carbonyl (C=O) groups is 2. The summed E-state index contributed by atoms with van der Waals surface area (Å²) in [6.45, 7) is 8.37. The van der Waals surface area contributed by atoms with Crippen molar-refractivity contribution in [3.8, 4) is 0 Å². The number of hydrogen-bond donors (Lipinski definition) is 0. The van der Waals surface area contributed by atoms with Gasteiger partial charge in [0.05, 0.1) is 6.61 Å². The predicted molar refractivity (Wildman–Crippen MR) is 70.0 cm³/mol. The zero-order valence-electron chi connectivity index (χ0n) is 12.2. The van der Waals surface area contributed by atoms with Crippen LogP contribution in [0.2, 0.25) is 0 Å². The molecule has 5 heteroatoms. The van der Waals surface area contributed by atoms with Gasteiger partial charge < -0.3 is 9.64 Å². The van der Waals surface area contributed by atoms with Crippen LogP contribution < -0.4 is 0 Å². The molecule has 0 saturated carbocycles. The molecule has 4 nitrogen and oxygen atoms in total. The molecule has 1 saturated heterocycles. The van der Waals surface area contributed by atoms with Crippen LogP contribution in [0.15, 0.2) is 0 Å². The molecule has 0 radical (unpaired) electrons. The van der Waals surface area contributed by atoms with Crippen LogP contribution in [-0.2, 0) is 14.3 Å². The maximum atomic E-state index is 14.0. The van der Waals surface area contributed by atoms with Gasteiger partial charge in [-0.3, -0.25) is 4.79 Å². The van der Waals surface area contributed by atoms with Gasteiger partial charge >= 0.3 is 5.97 Å². The lowest BCUT2D eigenvalue weighted by Gasteiger charge is -2.29. The number of ether oxygens (including phenoxy) is 1. The fourth-order valence-electron chi connectivity index (χ4n) is 2.45. The largest absolute Gasteiger partial charge is 0.462 e. The van der Waals surface area contributed by atoms with Gasteiger partial charge in [-0.05, 0) is 31.1 Å². The lowest BCUT2D eigenvalue weighted by Crippen LogP contribution is -2.43. The Hall–Kier alpha value is -1.13. The predicted octanol–water partition coefficient (Wildman–Crippen LogP) is 2.52. The van der Waals surface area contributed by atoms with Crippen LogP contribution in [0, 0.1) is 11.3 Å². The second-order valence-electron chi connectivity index (χ2n) is 6.07. The zero-order chi connectivity index (χ0) is 14.6. The van der Waals surface area contributed by atoms with Crippen molar-refractivity contribution in [2.24, 2.45) is 11.3 Å². The van der Waals surface area contributed by atoms with Gasteiger partial charge in [0.2, 0.25) is 5.91 Å². The van der Waals surface area contributed by atoms with E-state index in [0.29, 0.717) is 12.3 Å². The number of likely N-dealkylation sites (tertiary alicyclic amines) is 1. The Kier molecular flexibility index (Phi) is 5.32. The lowest BCUT2D eigenvalue weighted by molar-refractivity contribution is -0.162. The second-order valence-corrected chi connectivity index (χ2v) is 6.07. The third kappa shape index (κ3) is 4.18. The summed E-state index contributed by atoms with van der Waals surface area (Å²) in [5.41, 5.74) is 0.0893. The third-order valence-electron chi connectivity index (χ3n) is 3.72. The van der Waals surface area contributed by atoms with Crippen molar-refractivity contribution in [1.29, 1.82) is 0 Å². The first-order valence-corrected chi connectivity index (χ1v) is 6.87. The smallest absolute Gasteiger partial charge is 0.362 e. The molecule has 0 aromatic heterocycles. The molecular weight excluding hydrogens is 249 g/mol. The van der Waals surface area contributed by atoms with E-state index in [9.17, 15) is 14.0 Å². The Labute approximate surface area is 114 Å². The van der Waals surface area contributed by atoms with Crippen LogP contribution in [0.4, 0.5) is 4.39 Å². The van der Waals surface area contributed by atoms with Gasteiger partial charge in [0, 0.05) is 13.0 Å². The molecule has 0 aromatic rings. The summed E-state index contributed by atoms with van der Waals surface area (Å²) in [4.78, 5) is 24.3. The lowest BCUT2D eigenvalue weighted by atomic mass is 9.77. The Morgan fingerprint density at radius 2 is 2.11 bits per heavy atom. The third-order valence-corrected chi connectivity index (χ3v) is 3.72. The Bertz CT molecular complexity index is 338. The highest BCUT2D eigenvalue weighted by Crippen LogP contribution is 2.35. The van der Waals surface area contributed by atoms with E-state index in [-0.39, 0.29) is 24.5 Å². The topological polar surface area (TPSA) is 46.6 Å². The van der Waals surface area contributed by atoms with E-state index in [1.807, 2.05) is 0 Å². The van der Waals surface area contributed by atoms with Gasteiger partial charge in [0.1, 0.15) is 0 Å². The number of esters is 1. The molecule has 19 heavy (non-hydrogen) atoms. The number of nitrogens with zero attached hydrogens (tertiary/aromatic N) is 1. The molecule has 1 amide bonds. The summed E-state index contributed by atoms with van der Waals surface area (Å²) in [7, 11) is 0. The molecule has 110 valence electrons. The zero-order valence-corrected chi connectivity index (χ0v) is 12.2. The first-order chi connectivity index (χ1) is 8.77. The first-order valence-electron chi connectivity index (χ1n) is 6.87. The standard InChI is InChI=1S/C14H24FNO3/c1-5-19-13(18)12(15)16-9-8-10(14(2,3)4)6-7-11(16)17/h10,12H,5-9H2,1-4H3. The normalized spacial score (nSPS) is 22.9. The number of halogens is 1. The number of rotatable bonds is 3. The Morgan fingerprint density at radius 3 is 2.63 bits per heavy atom. The van der Waals surface area contributed by atoms with Gasteiger partial charge in [-0.15, -0.1) is 0 Å². The molecule has 0 aliphatic carbocycles. The van der Waals surface area contributed by atoms with Crippen LogP contribution in [0.5, 0.6) is 0 Å². The summed E-state index contributed by atoms with van der Waals surface area (Å²) in [6, 6.07) is 0. The van der Waals surface area contributed by atoms with Crippen molar-refractivity contribution >= 4 is 11.9 Å². The fourth-order valence-corrected chi connectivity index (χ4v) is 2.45.